The van der Waals surface area contributed by atoms with Gasteiger partial charge in [0.1, 0.15) is 11.6 Å². The van der Waals surface area contributed by atoms with E-state index in [-0.39, 0.29) is 29.8 Å². The zero-order chi connectivity index (χ0) is 16.8. The van der Waals surface area contributed by atoms with Gasteiger partial charge < -0.3 is 14.5 Å². The highest BCUT2D eigenvalue weighted by atomic mass is 127. The fourth-order valence-corrected chi connectivity index (χ4v) is 2.06. The maximum absolute atomic E-state index is 13.1. The summed E-state index contributed by atoms with van der Waals surface area (Å²) in [6.07, 6.45) is 1.71. The van der Waals surface area contributed by atoms with Crippen LogP contribution >= 0.6 is 24.0 Å². The molecule has 0 aliphatic heterocycles. The van der Waals surface area contributed by atoms with E-state index < -0.39 is 0 Å². The molecule has 5 nitrogen and oxygen atoms in total. The van der Waals surface area contributed by atoms with Crippen LogP contribution in [0.25, 0.3) is 0 Å². The smallest absolute Gasteiger partial charge is 0.219 e. The molecule has 7 heteroatoms. The van der Waals surface area contributed by atoms with Crippen molar-refractivity contribution in [3.63, 3.8) is 0 Å². The summed E-state index contributed by atoms with van der Waals surface area (Å²) < 4.78 is 18.6. The maximum Gasteiger partial charge on any atom is 0.219 e. The summed E-state index contributed by atoms with van der Waals surface area (Å²) in [6.45, 7) is 0.527. The third kappa shape index (κ3) is 5.95. The Kier molecular flexibility index (Phi) is 7.90. The summed E-state index contributed by atoms with van der Waals surface area (Å²) in [5.74, 6) is 1.38. The SMILES string of the molecule is CN(C)C(=NCc1ccc(Oc2cccc(F)c2)nc1)N(C)C.I. The molecule has 0 atom stereocenters. The van der Waals surface area contributed by atoms with Crippen LogP contribution in [-0.4, -0.2) is 48.9 Å². The van der Waals surface area contributed by atoms with Crippen LogP contribution in [0.3, 0.4) is 0 Å². The van der Waals surface area contributed by atoms with Crippen LogP contribution in [0, 0.1) is 5.82 Å². The number of benzene rings is 1. The minimum atomic E-state index is -0.339. The van der Waals surface area contributed by atoms with E-state index in [4.69, 9.17) is 4.74 Å². The molecule has 0 saturated heterocycles. The van der Waals surface area contributed by atoms with Gasteiger partial charge in [0, 0.05) is 46.5 Å². The van der Waals surface area contributed by atoms with Crippen molar-refractivity contribution in [3.8, 4) is 11.6 Å². The monoisotopic (exact) mass is 444 g/mol. The number of hydrogen-bond donors (Lipinski definition) is 0. The molecule has 0 bridgehead atoms. The van der Waals surface area contributed by atoms with Gasteiger partial charge in [-0.25, -0.2) is 14.4 Å². The Labute approximate surface area is 159 Å². The van der Waals surface area contributed by atoms with Gasteiger partial charge in [-0.15, -0.1) is 24.0 Å². The molecule has 0 unspecified atom stereocenters. The molecular weight excluding hydrogens is 422 g/mol. The molecule has 1 aromatic heterocycles. The van der Waals surface area contributed by atoms with Crippen LogP contribution in [0.4, 0.5) is 4.39 Å². The molecule has 1 heterocycles. The van der Waals surface area contributed by atoms with E-state index in [9.17, 15) is 4.39 Å². The lowest BCUT2D eigenvalue weighted by Crippen LogP contribution is -2.35. The number of halogens is 2. The quantitative estimate of drug-likeness (QED) is 0.411. The van der Waals surface area contributed by atoms with E-state index in [0.29, 0.717) is 18.2 Å². The Balaban J connectivity index is 0.00000288. The van der Waals surface area contributed by atoms with Crippen molar-refractivity contribution in [3.05, 3.63) is 54.0 Å². The first kappa shape index (κ1) is 20.1. The number of rotatable bonds is 4. The van der Waals surface area contributed by atoms with Gasteiger partial charge in [0.15, 0.2) is 5.96 Å². The largest absolute Gasteiger partial charge is 0.439 e. The lowest BCUT2D eigenvalue weighted by Gasteiger charge is -2.22. The van der Waals surface area contributed by atoms with Crippen molar-refractivity contribution in [2.24, 2.45) is 4.99 Å². The zero-order valence-corrected chi connectivity index (χ0v) is 16.6. The topological polar surface area (TPSA) is 41.0 Å². The maximum atomic E-state index is 13.1. The summed E-state index contributed by atoms with van der Waals surface area (Å²) >= 11 is 0. The van der Waals surface area contributed by atoms with Crippen LogP contribution in [0.5, 0.6) is 11.6 Å². The van der Waals surface area contributed by atoms with Crippen LogP contribution in [0.2, 0.25) is 0 Å². The number of aliphatic imine (C=N–C) groups is 1. The summed E-state index contributed by atoms with van der Waals surface area (Å²) in [5, 5.41) is 0. The van der Waals surface area contributed by atoms with Crippen LogP contribution in [-0.2, 0) is 6.54 Å². The van der Waals surface area contributed by atoms with Gasteiger partial charge in [-0.3, -0.25) is 0 Å². The molecule has 0 amide bonds. The Morgan fingerprint density at radius 1 is 1.12 bits per heavy atom. The Morgan fingerprint density at radius 2 is 1.83 bits per heavy atom. The minimum absolute atomic E-state index is 0. The second kappa shape index (κ2) is 9.41. The number of ether oxygens (including phenoxy) is 1. The van der Waals surface area contributed by atoms with Gasteiger partial charge in [-0.2, -0.15) is 0 Å². The highest BCUT2D eigenvalue weighted by Crippen LogP contribution is 2.20. The first-order chi connectivity index (χ1) is 11.0. The summed E-state index contributed by atoms with van der Waals surface area (Å²) in [5.41, 5.74) is 0.970. The molecule has 0 saturated carbocycles. The highest BCUT2D eigenvalue weighted by Gasteiger charge is 2.05. The van der Waals surface area contributed by atoms with Crippen LogP contribution in [0.15, 0.2) is 47.6 Å². The molecule has 0 radical (unpaired) electrons. The molecule has 0 aliphatic rings. The van der Waals surface area contributed by atoms with Gasteiger partial charge in [-0.1, -0.05) is 12.1 Å². The van der Waals surface area contributed by atoms with Gasteiger partial charge >= 0.3 is 0 Å². The summed E-state index contributed by atoms with van der Waals surface area (Å²) in [6, 6.07) is 9.62. The van der Waals surface area contributed by atoms with E-state index >= 15 is 0 Å². The molecule has 1 aromatic carbocycles. The average Bonchev–Trinajstić information content (AvgIpc) is 2.48. The van der Waals surface area contributed by atoms with E-state index in [2.05, 4.69) is 9.98 Å². The molecule has 2 rings (SSSR count). The van der Waals surface area contributed by atoms with Crippen molar-refractivity contribution in [2.75, 3.05) is 28.2 Å². The molecule has 0 N–H and O–H groups in total. The fraction of sp³-hybridized carbons (Fsp3) is 0.294. The molecular formula is C17H22FIN4O. The third-order valence-corrected chi connectivity index (χ3v) is 3.02. The molecule has 130 valence electrons. The van der Waals surface area contributed by atoms with Gasteiger partial charge in [0.25, 0.3) is 0 Å². The number of pyridine rings is 1. The lowest BCUT2D eigenvalue weighted by molar-refractivity contribution is 0.457. The summed E-state index contributed by atoms with van der Waals surface area (Å²) in [7, 11) is 7.81. The van der Waals surface area contributed by atoms with Crippen molar-refractivity contribution in [1.82, 2.24) is 14.8 Å². The second-order valence-electron chi connectivity index (χ2n) is 5.47. The Hall–Kier alpha value is -1.90. The standard InChI is InChI=1S/C17H21FN4O.HI/c1-21(2)17(22(3)4)20-12-13-8-9-16(19-11-13)23-15-7-5-6-14(18)10-15;/h5-11H,12H2,1-4H3;1H. The highest BCUT2D eigenvalue weighted by molar-refractivity contribution is 14.0. The Bertz CT molecular complexity index is 665. The van der Waals surface area contributed by atoms with Gasteiger partial charge in [-0.05, 0) is 17.7 Å². The molecule has 0 aliphatic carbocycles. The first-order valence-corrected chi connectivity index (χ1v) is 7.23. The normalized spacial score (nSPS) is 9.71. The van der Waals surface area contributed by atoms with E-state index in [1.807, 2.05) is 44.1 Å². The third-order valence-electron chi connectivity index (χ3n) is 3.02. The average molecular weight is 444 g/mol. The van der Waals surface area contributed by atoms with Crippen LogP contribution < -0.4 is 4.74 Å². The predicted molar refractivity (Wildman–Crippen MR) is 105 cm³/mol. The van der Waals surface area contributed by atoms with E-state index in [1.165, 1.54) is 12.1 Å². The van der Waals surface area contributed by atoms with Crippen LogP contribution in [0.1, 0.15) is 5.56 Å². The lowest BCUT2D eigenvalue weighted by atomic mass is 10.3. The number of aromatic nitrogens is 1. The fourth-order valence-electron chi connectivity index (χ4n) is 2.06. The second-order valence-corrected chi connectivity index (χ2v) is 5.47. The molecule has 0 fully saturated rings. The van der Waals surface area contributed by atoms with Crippen molar-refractivity contribution < 1.29 is 9.13 Å². The predicted octanol–water partition coefficient (Wildman–Crippen LogP) is 3.61. The van der Waals surface area contributed by atoms with Crippen molar-refractivity contribution in [2.45, 2.75) is 6.54 Å². The van der Waals surface area contributed by atoms with E-state index in [0.717, 1.165) is 11.5 Å². The van der Waals surface area contributed by atoms with Crippen molar-refractivity contribution >= 4 is 29.9 Å². The summed E-state index contributed by atoms with van der Waals surface area (Å²) in [4.78, 5) is 12.7. The number of hydrogen-bond acceptors (Lipinski definition) is 3. The Morgan fingerprint density at radius 3 is 2.38 bits per heavy atom. The number of guanidine groups is 1. The molecule has 0 spiro atoms. The molecule has 24 heavy (non-hydrogen) atoms. The number of nitrogens with zero attached hydrogens (tertiary/aromatic N) is 4. The van der Waals surface area contributed by atoms with E-state index in [1.54, 1.807) is 24.4 Å². The zero-order valence-electron chi connectivity index (χ0n) is 14.2. The van der Waals surface area contributed by atoms with Crippen molar-refractivity contribution in [1.29, 1.82) is 0 Å². The van der Waals surface area contributed by atoms with Gasteiger partial charge in [0.05, 0.1) is 6.54 Å². The first-order valence-electron chi connectivity index (χ1n) is 7.23. The minimum Gasteiger partial charge on any atom is -0.439 e. The van der Waals surface area contributed by atoms with Gasteiger partial charge in [0.2, 0.25) is 5.88 Å². The molecule has 2 aromatic rings.